The number of aliphatic hydroxyl groups is 3. The first-order valence-corrected chi connectivity index (χ1v) is 8.01. The third-order valence-corrected chi connectivity index (χ3v) is 4.10. The lowest BCUT2D eigenvalue weighted by Crippen LogP contribution is -2.46. The maximum Gasteiger partial charge on any atom is 0.330 e. The molecule has 4 N–H and O–H groups in total. The summed E-state index contributed by atoms with van der Waals surface area (Å²) in [5.41, 5.74) is -2.52. The van der Waals surface area contributed by atoms with Gasteiger partial charge in [0, 0.05) is 11.6 Å². The molecule has 0 aromatic carbocycles. The SMILES string of the molecule is CC#Cc1cn(C2O[C@H](C(O)C(=O)C(C)(C)C)[C@@H](O)[C@@H]2O)c(=O)[nH]c1=O. The Morgan fingerprint density at radius 3 is 2.46 bits per heavy atom. The Kier molecular flexibility index (Phi) is 5.53. The van der Waals surface area contributed by atoms with Crippen molar-refractivity contribution in [1.29, 1.82) is 0 Å². The summed E-state index contributed by atoms with van der Waals surface area (Å²) >= 11 is 0. The number of rotatable bonds is 3. The molecule has 0 radical (unpaired) electrons. The first kappa shape index (κ1) is 20.1. The second-order valence-corrected chi connectivity index (χ2v) is 7.12. The molecule has 2 heterocycles. The second kappa shape index (κ2) is 7.17. The predicted octanol–water partition coefficient (Wildman–Crippen LogP) is -1.50. The fraction of sp³-hybridized carbons (Fsp3) is 0.588. The zero-order chi connectivity index (χ0) is 19.8. The van der Waals surface area contributed by atoms with Crippen molar-refractivity contribution in [3.8, 4) is 11.8 Å². The molecule has 0 aliphatic carbocycles. The number of H-pyrrole nitrogens is 1. The molecule has 26 heavy (non-hydrogen) atoms. The lowest BCUT2D eigenvalue weighted by molar-refractivity contribution is -0.149. The molecule has 2 unspecified atom stereocenters. The zero-order valence-corrected chi connectivity index (χ0v) is 14.9. The highest BCUT2D eigenvalue weighted by molar-refractivity contribution is 5.88. The van der Waals surface area contributed by atoms with E-state index in [1.807, 2.05) is 4.98 Å². The Labute approximate surface area is 149 Å². The molecule has 0 bridgehead atoms. The Hall–Kier alpha value is -2.25. The van der Waals surface area contributed by atoms with Gasteiger partial charge in [0.1, 0.15) is 30.0 Å². The first-order chi connectivity index (χ1) is 12.0. The van der Waals surface area contributed by atoms with E-state index in [4.69, 9.17) is 4.74 Å². The highest BCUT2D eigenvalue weighted by Gasteiger charge is 2.50. The number of carbonyl (C=O) groups is 1. The van der Waals surface area contributed by atoms with Gasteiger partial charge in [-0.05, 0) is 6.92 Å². The molecule has 1 aromatic rings. The minimum absolute atomic E-state index is 0.0350. The molecule has 9 nitrogen and oxygen atoms in total. The van der Waals surface area contributed by atoms with Crippen molar-refractivity contribution >= 4 is 5.78 Å². The molecular formula is C17H22N2O7. The zero-order valence-electron chi connectivity index (χ0n) is 14.9. The number of ether oxygens (including phenoxy) is 1. The molecule has 1 saturated heterocycles. The number of aliphatic hydroxyl groups excluding tert-OH is 3. The van der Waals surface area contributed by atoms with Crippen LogP contribution in [0.25, 0.3) is 0 Å². The fourth-order valence-electron chi connectivity index (χ4n) is 2.67. The van der Waals surface area contributed by atoms with Crippen molar-refractivity contribution < 1.29 is 24.9 Å². The second-order valence-electron chi connectivity index (χ2n) is 7.12. The minimum atomic E-state index is -1.70. The number of aromatic nitrogens is 2. The van der Waals surface area contributed by atoms with E-state index in [9.17, 15) is 29.7 Å². The number of Topliss-reactive ketones (excluding diaryl/α,β-unsaturated/α-hetero) is 1. The highest BCUT2D eigenvalue weighted by Crippen LogP contribution is 2.32. The molecule has 0 spiro atoms. The van der Waals surface area contributed by atoms with Crippen molar-refractivity contribution in [2.75, 3.05) is 0 Å². The van der Waals surface area contributed by atoms with E-state index in [2.05, 4.69) is 11.8 Å². The van der Waals surface area contributed by atoms with E-state index < -0.39 is 53.1 Å². The summed E-state index contributed by atoms with van der Waals surface area (Å²) in [4.78, 5) is 38.1. The third-order valence-electron chi connectivity index (χ3n) is 4.10. The number of ketones is 1. The quantitative estimate of drug-likeness (QED) is 0.477. The van der Waals surface area contributed by atoms with E-state index in [1.54, 1.807) is 20.8 Å². The molecule has 1 aromatic heterocycles. The van der Waals surface area contributed by atoms with Gasteiger partial charge in [0.25, 0.3) is 5.56 Å². The minimum Gasteiger partial charge on any atom is -0.387 e. The lowest BCUT2D eigenvalue weighted by Gasteiger charge is -2.26. The van der Waals surface area contributed by atoms with E-state index in [0.29, 0.717) is 0 Å². The molecule has 2 rings (SSSR count). The maximum atomic E-state index is 12.2. The summed E-state index contributed by atoms with van der Waals surface area (Å²) in [7, 11) is 0. The Morgan fingerprint density at radius 1 is 1.31 bits per heavy atom. The average Bonchev–Trinajstić information content (AvgIpc) is 2.84. The van der Waals surface area contributed by atoms with E-state index in [-0.39, 0.29) is 5.56 Å². The van der Waals surface area contributed by atoms with Crippen molar-refractivity contribution in [2.45, 2.75) is 58.3 Å². The summed E-state index contributed by atoms with van der Waals surface area (Å²) in [6.07, 6.45) is -6.65. The van der Waals surface area contributed by atoms with Crippen LogP contribution in [-0.2, 0) is 9.53 Å². The number of carbonyl (C=O) groups excluding carboxylic acids is 1. The molecule has 1 aliphatic heterocycles. The standard InChI is InChI=1S/C17H22N2O7/c1-5-6-8-7-19(16(25)18-14(8)24)15-10(21)9(20)12(26-15)11(22)13(23)17(2,3)4/h7,9-12,15,20-22H,1-4H3,(H,18,24,25)/t9-,10-,11?,12-,15?/m0/s1. The van der Waals surface area contributed by atoms with Crippen LogP contribution >= 0.6 is 0 Å². The van der Waals surface area contributed by atoms with Gasteiger partial charge in [-0.2, -0.15) is 0 Å². The van der Waals surface area contributed by atoms with E-state index in [1.165, 1.54) is 6.92 Å². The Morgan fingerprint density at radius 2 is 1.92 bits per heavy atom. The van der Waals surface area contributed by atoms with Crippen LogP contribution in [0.4, 0.5) is 0 Å². The van der Waals surface area contributed by atoms with Crippen LogP contribution in [0, 0.1) is 17.3 Å². The van der Waals surface area contributed by atoms with Crippen LogP contribution in [0.3, 0.4) is 0 Å². The lowest BCUT2D eigenvalue weighted by atomic mass is 9.85. The smallest absolute Gasteiger partial charge is 0.330 e. The van der Waals surface area contributed by atoms with Gasteiger partial charge in [-0.1, -0.05) is 26.7 Å². The van der Waals surface area contributed by atoms with E-state index >= 15 is 0 Å². The van der Waals surface area contributed by atoms with Crippen LogP contribution in [0.2, 0.25) is 0 Å². The van der Waals surface area contributed by atoms with Crippen LogP contribution < -0.4 is 11.2 Å². The van der Waals surface area contributed by atoms with Gasteiger partial charge in [-0.15, -0.1) is 5.92 Å². The van der Waals surface area contributed by atoms with Crippen molar-refractivity contribution in [2.24, 2.45) is 5.41 Å². The number of hydrogen-bond donors (Lipinski definition) is 4. The maximum absolute atomic E-state index is 12.2. The molecule has 9 heteroatoms. The molecule has 142 valence electrons. The van der Waals surface area contributed by atoms with Crippen LogP contribution in [0.5, 0.6) is 0 Å². The molecular weight excluding hydrogens is 344 g/mol. The van der Waals surface area contributed by atoms with Gasteiger partial charge >= 0.3 is 5.69 Å². The van der Waals surface area contributed by atoms with Gasteiger partial charge in [-0.3, -0.25) is 19.1 Å². The van der Waals surface area contributed by atoms with Crippen molar-refractivity contribution in [3.63, 3.8) is 0 Å². The molecule has 1 aliphatic rings. The topological polar surface area (TPSA) is 142 Å². The largest absolute Gasteiger partial charge is 0.387 e. The summed E-state index contributed by atoms with van der Waals surface area (Å²) in [6.45, 7) is 6.28. The van der Waals surface area contributed by atoms with Gasteiger partial charge in [-0.25, -0.2) is 4.79 Å². The van der Waals surface area contributed by atoms with Crippen molar-refractivity contribution in [3.05, 3.63) is 32.6 Å². The molecule has 1 fully saturated rings. The van der Waals surface area contributed by atoms with Gasteiger partial charge < -0.3 is 20.1 Å². The monoisotopic (exact) mass is 366 g/mol. The predicted molar refractivity (Wildman–Crippen MR) is 90.3 cm³/mol. The summed E-state index contributed by atoms with van der Waals surface area (Å²) in [5, 5.41) is 30.7. The Balaban J connectivity index is 2.40. The third kappa shape index (κ3) is 3.64. The summed E-state index contributed by atoms with van der Waals surface area (Å²) < 4.78 is 6.29. The molecule has 5 atom stereocenters. The van der Waals surface area contributed by atoms with E-state index in [0.717, 1.165) is 10.8 Å². The van der Waals surface area contributed by atoms with Crippen LogP contribution in [-0.4, -0.2) is 55.1 Å². The average molecular weight is 366 g/mol. The van der Waals surface area contributed by atoms with Gasteiger partial charge in [0.15, 0.2) is 12.0 Å². The number of nitrogens with zero attached hydrogens (tertiary/aromatic N) is 1. The number of aromatic amines is 1. The normalized spacial score (nSPS) is 26.9. The van der Waals surface area contributed by atoms with Gasteiger partial charge in [0.05, 0.1) is 0 Å². The molecule has 0 saturated carbocycles. The van der Waals surface area contributed by atoms with Crippen molar-refractivity contribution in [1.82, 2.24) is 9.55 Å². The Bertz CT molecular complexity index is 868. The molecule has 0 amide bonds. The first-order valence-electron chi connectivity index (χ1n) is 8.01. The van der Waals surface area contributed by atoms with Gasteiger partial charge in [0.2, 0.25) is 0 Å². The fourth-order valence-corrected chi connectivity index (χ4v) is 2.67. The number of hydrogen-bond acceptors (Lipinski definition) is 7. The highest BCUT2D eigenvalue weighted by atomic mass is 16.6. The summed E-state index contributed by atoms with van der Waals surface area (Å²) in [6, 6.07) is 0. The van der Waals surface area contributed by atoms with Crippen LogP contribution in [0.15, 0.2) is 15.8 Å². The summed E-state index contributed by atoms with van der Waals surface area (Å²) in [5.74, 6) is 4.44. The van der Waals surface area contributed by atoms with Crippen LogP contribution in [0.1, 0.15) is 39.5 Å². The number of nitrogens with one attached hydrogen (secondary N) is 1.